The number of hydrogen-bond donors (Lipinski definition) is 2. The lowest BCUT2D eigenvalue weighted by molar-refractivity contribution is -0.118. The van der Waals surface area contributed by atoms with Crippen LogP contribution < -0.4 is 11.1 Å². The van der Waals surface area contributed by atoms with Crippen molar-refractivity contribution in [2.45, 2.75) is 12.5 Å². The Hall–Kier alpha value is -2.58. The number of rotatable bonds is 6. The molecule has 0 aliphatic carbocycles. The molecule has 0 saturated carbocycles. The smallest absolute Gasteiger partial charge is 0.231 e. The normalized spacial score (nSPS) is 15.4. The van der Waals surface area contributed by atoms with Gasteiger partial charge in [0.25, 0.3) is 0 Å². The largest absolute Gasteiger partial charge is 0.369 e. The fourth-order valence-corrected chi connectivity index (χ4v) is 4.65. The van der Waals surface area contributed by atoms with Crippen molar-refractivity contribution < 1.29 is 13.6 Å². The van der Waals surface area contributed by atoms with Gasteiger partial charge in [-0.3, -0.25) is 14.7 Å². The van der Waals surface area contributed by atoms with E-state index in [1.165, 1.54) is 12.1 Å². The summed E-state index contributed by atoms with van der Waals surface area (Å²) in [5.41, 5.74) is 7.61. The second-order valence-electron chi connectivity index (χ2n) is 7.91. The van der Waals surface area contributed by atoms with Gasteiger partial charge in [-0.15, -0.1) is 0 Å². The number of aromatic nitrogens is 1. The van der Waals surface area contributed by atoms with E-state index in [1.54, 1.807) is 30.3 Å². The molecule has 1 aliphatic rings. The van der Waals surface area contributed by atoms with E-state index in [-0.39, 0.29) is 21.3 Å². The van der Waals surface area contributed by atoms with Gasteiger partial charge in [0.05, 0.1) is 11.4 Å². The van der Waals surface area contributed by atoms with E-state index >= 15 is 0 Å². The Morgan fingerprint density at radius 2 is 1.79 bits per heavy atom. The summed E-state index contributed by atoms with van der Waals surface area (Å²) in [4.78, 5) is 19.4. The Labute approximate surface area is 200 Å². The summed E-state index contributed by atoms with van der Waals surface area (Å²) in [5.74, 6) is -3.18. The standard InChI is InChI=1S/C24H22Cl2F2N4O/c25-17-2-1-3-18(26)22(17)23(24(29)33)21-11-14(13-32-8-6-30-7-9-32)10-20(31-21)16-5-4-15(27)12-19(16)28/h1-5,10-12,23,30H,6-9,13H2,(H2,29,33). The van der Waals surface area contributed by atoms with Crippen molar-refractivity contribution in [1.82, 2.24) is 15.2 Å². The molecule has 1 aliphatic heterocycles. The van der Waals surface area contributed by atoms with Crippen LogP contribution in [0.5, 0.6) is 0 Å². The highest BCUT2D eigenvalue weighted by molar-refractivity contribution is 6.36. The molecule has 0 bridgehead atoms. The first-order valence-corrected chi connectivity index (χ1v) is 11.2. The minimum atomic E-state index is -1.04. The first-order valence-electron chi connectivity index (χ1n) is 10.5. The molecule has 4 rings (SSSR count). The Morgan fingerprint density at radius 3 is 2.42 bits per heavy atom. The van der Waals surface area contributed by atoms with Gasteiger partial charge in [0.15, 0.2) is 0 Å². The van der Waals surface area contributed by atoms with Crippen molar-refractivity contribution in [3.8, 4) is 11.3 Å². The van der Waals surface area contributed by atoms with Crippen LogP contribution in [0.4, 0.5) is 8.78 Å². The maximum absolute atomic E-state index is 14.6. The van der Waals surface area contributed by atoms with E-state index in [4.69, 9.17) is 28.9 Å². The van der Waals surface area contributed by atoms with E-state index in [0.29, 0.717) is 17.8 Å². The van der Waals surface area contributed by atoms with E-state index in [0.717, 1.165) is 37.8 Å². The van der Waals surface area contributed by atoms with Crippen LogP contribution in [0, 0.1) is 11.6 Å². The zero-order valence-electron chi connectivity index (χ0n) is 17.6. The Kier molecular flexibility index (Phi) is 7.24. The SMILES string of the molecule is NC(=O)C(c1cc(CN2CCNCC2)cc(-c2ccc(F)cc2F)n1)c1c(Cl)cccc1Cl. The summed E-state index contributed by atoms with van der Waals surface area (Å²) >= 11 is 12.8. The van der Waals surface area contributed by atoms with Gasteiger partial charge < -0.3 is 11.1 Å². The number of benzene rings is 2. The molecule has 172 valence electrons. The maximum atomic E-state index is 14.6. The van der Waals surface area contributed by atoms with Crippen LogP contribution in [-0.4, -0.2) is 42.0 Å². The third-order valence-corrected chi connectivity index (χ3v) is 6.26. The summed E-state index contributed by atoms with van der Waals surface area (Å²) < 4.78 is 28.1. The first-order chi connectivity index (χ1) is 15.8. The van der Waals surface area contributed by atoms with Crippen LogP contribution in [0.15, 0.2) is 48.5 Å². The van der Waals surface area contributed by atoms with E-state index < -0.39 is 23.5 Å². The van der Waals surface area contributed by atoms with E-state index in [1.807, 2.05) is 0 Å². The predicted octanol–water partition coefficient (Wildman–Crippen LogP) is 4.36. The van der Waals surface area contributed by atoms with Gasteiger partial charge in [0.1, 0.15) is 17.6 Å². The minimum absolute atomic E-state index is 0.119. The second-order valence-corrected chi connectivity index (χ2v) is 8.72. The fraction of sp³-hybridized carbons (Fsp3) is 0.250. The minimum Gasteiger partial charge on any atom is -0.369 e. The average Bonchev–Trinajstić information content (AvgIpc) is 2.76. The van der Waals surface area contributed by atoms with Gasteiger partial charge in [-0.2, -0.15) is 0 Å². The number of nitrogens with zero attached hydrogens (tertiary/aromatic N) is 2. The number of carbonyl (C=O) groups excluding carboxylic acids is 1. The summed E-state index contributed by atoms with van der Waals surface area (Å²) in [5, 5.41) is 3.85. The van der Waals surface area contributed by atoms with Gasteiger partial charge in [0, 0.05) is 60.0 Å². The number of hydrogen-bond acceptors (Lipinski definition) is 4. The molecule has 2 aromatic carbocycles. The second kappa shape index (κ2) is 10.1. The lowest BCUT2D eigenvalue weighted by Crippen LogP contribution is -2.42. The number of halogens is 4. The zero-order valence-corrected chi connectivity index (χ0v) is 19.1. The molecule has 3 N–H and O–H groups in total. The molecule has 1 amide bonds. The molecule has 5 nitrogen and oxygen atoms in total. The van der Waals surface area contributed by atoms with Gasteiger partial charge in [-0.25, -0.2) is 8.78 Å². The van der Waals surface area contributed by atoms with Crippen molar-refractivity contribution in [1.29, 1.82) is 0 Å². The molecule has 0 radical (unpaired) electrons. The molecule has 33 heavy (non-hydrogen) atoms. The summed E-state index contributed by atoms with van der Waals surface area (Å²) in [6.45, 7) is 3.96. The molecule has 1 aromatic heterocycles. The highest BCUT2D eigenvalue weighted by Crippen LogP contribution is 2.36. The number of pyridine rings is 1. The van der Waals surface area contributed by atoms with Gasteiger partial charge in [-0.05, 0) is 42.0 Å². The topological polar surface area (TPSA) is 71.2 Å². The predicted molar refractivity (Wildman–Crippen MR) is 125 cm³/mol. The van der Waals surface area contributed by atoms with Crippen LogP contribution in [-0.2, 0) is 11.3 Å². The number of primary amides is 1. The Bertz CT molecular complexity index is 1160. The van der Waals surface area contributed by atoms with Crippen molar-refractivity contribution in [2.75, 3.05) is 26.2 Å². The average molecular weight is 491 g/mol. The summed E-state index contributed by atoms with van der Waals surface area (Å²) in [6.07, 6.45) is 0. The first kappa shape index (κ1) is 23.6. The van der Waals surface area contributed by atoms with Crippen LogP contribution in [0.25, 0.3) is 11.3 Å². The van der Waals surface area contributed by atoms with Crippen LogP contribution in [0.2, 0.25) is 10.0 Å². The lowest BCUT2D eigenvalue weighted by Gasteiger charge is -2.27. The van der Waals surface area contributed by atoms with E-state index in [9.17, 15) is 13.6 Å². The molecule has 9 heteroatoms. The molecule has 1 atom stereocenters. The van der Waals surface area contributed by atoms with Gasteiger partial charge >= 0.3 is 0 Å². The Morgan fingerprint density at radius 1 is 1.09 bits per heavy atom. The molecule has 1 saturated heterocycles. The number of amides is 1. The highest BCUT2D eigenvalue weighted by atomic mass is 35.5. The highest BCUT2D eigenvalue weighted by Gasteiger charge is 2.28. The maximum Gasteiger partial charge on any atom is 0.231 e. The van der Waals surface area contributed by atoms with Gasteiger partial charge in [0.2, 0.25) is 5.91 Å². The molecule has 1 fully saturated rings. The van der Waals surface area contributed by atoms with Crippen molar-refractivity contribution in [2.24, 2.45) is 5.73 Å². The Balaban J connectivity index is 1.86. The molecule has 1 unspecified atom stereocenters. The van der Waals surface area contributed by atoms with Gasteiger partial charge in [-0.1, -0.05) is 29.3 Å². The zero-order chi connectivity index (χ0) is 23.5. The molecule has 0 spiro atoms. The molecule has 3 aromatic rings. The number of nitrogens with two attached hydrogens (primary N) is 1. The summed E-state index contributed by atoms with van der Waals surface area (Å²) in [7, 11) is 0. The molecule has 2 heterocycles. The number of nitrogens with one attached hydrogen (secondary N) is 1. The lowest BCUT2D eigenvalue weighted by atomic mass is 9.92. The molecular formula is C24H22Cl2F2N4O. The van der Waals surface area contributed by atoms with E-state index in [2.05, 4.69) is 15.2 Å². The molecular weight excluding hydrogens is 469 g/mol. The van der Waals surface area contributed by atoms with Crippen LogP contribution in [0.1, 0.15) is 22.7 Å². The monoisotopic (exact) mass is 490 g/mol. The summed E-state index contributed by atoms with van der Waals surface area (Å²) in [6, 6.07) is 11.7. The third kappa shape index (κ3) is 5.33. The van der Waals surface area contributed by atoms with Crippen LogP contribution in [0.3, 0.4) is 0 Å². The van der Waals surface area contributed by atoms with Crippen molar-refractivity contribution in [3.63, 3.8) is 0 Å². The fourth-order valence-electron chi connectivity index (χ4n) is 4.04. The third-order valence-electron chi connectivity index (χ3n) is 5.60. The van der Waals surface area contributed by atoms with Crippen molar-refractivity contribution >= 4 is 29.1 Å². The van der Waals surface area contributed by atoms with Crippen LogP contribution >= 0.6 is 23.2 Å². The van der Waals surface area contributed by atoms with Crippen molar-refractivity contribution in [3.05, 3.63) is 87.0 Å². The number of carbonyl (C=O) groups is 1. The number of piperazine rings is 1. The quantitative estimate of drug-likeness (QED) is 0.538.